The molecule has 0 bridgehead atoms. The van der Waals surface area contributed by atoms with Crippen molar-refractivity contribution in [3.05, 3.63) is 35.9 Å². The number of nitrogens with two attached hydrogens (primary N) is 2. The lowest BCUT2D eigenvalue weighted by molar-refractivity contribution is 0.669. The number of nitrogen functional groups attached to an aromatic ring is 1. The topological polar surface area (TPSA) is 105 Å². The molecule has 1 atom stereocenters. The summed E-state index contributed by atoms with van der Waals surface area (Å²) < 4.78 is 0. The minimum Gasteiger partial charge on any atom is -0.383 e. The van der Waals surface area contributed by atoms with E-state index in [0.717, 1.165) is 30.4 Å². The van der Waals surface area contributed by atoms with Gasteiger partial charge in [0.05, 0.1) is 5.52 Å². The number of anilines is 2. The van der Waals surface area contributed by atoms with Crippen molar-refractivity contribution < 1.29 is 0 Å². The van der Waals surface area contributed by atoms with Crippen molar-refractivity contribution in [2.24, 2.45) is 5.84 Å². The predicted octanol–water partition coefficient (Wildman–Crippen LogP) is 2.04. The molecule has 0 aliphatic carbocycles. The first-order valence-electron chi connectivity index (χ1n) is 9.51. The Bertz CT molecular complexity index is 754. The maximum Gasteiger partial charge on any atom is 0.227 e. The summed E-state index contributed by atoms with van der Waals surface area (Å²) in [7, 11) is 1.96. The van der Waals surface area contributed by atoms with Crippen LogP contribution in [-0.4, -0.2) is 42.7 Å². The summed E-state index contributed by atoms with van der Waals surface area (Å²) in [6.07, 6.45) is 5.49. The highest BCUT2D eigenvalue weighted by Crippen LogP contribution is 2.24. The Balaban J connectivity index is 0.000000313. The normalized spacial score (nSPS) is 16.1. The Morgan fingerprint density at radius 1 is 1.33 bits per heavy atom. The molecule has 6 N–H and O–H groups in total. The molecular weight excluding hydrogens is 338 g/mol. The molecule has 7 nitrogen and oxygen atoms in total. The van der Waals surface area contributed by atoms with Crippen molar-refractivity contribution in [2.45, 2.75) is 39.2 Å². The first-order chi connectivity index (χ1) is 13.0. The zero-order valence-corrected chi connectivity index (χ0v) is 16.8. The van der Waals surface area contributed by atoms with E-state index in [1.54, 1.807) is 0 Å². The van der Waals surface area contributed by atoms with Crippen molar-refractivity contribution in [3.63, 3.8) is 0 Å². The molecule has 1 aromatic heterocycles. The van der Waals surface area contributed by atoms with Gasteiger partial charge in [-0.05, 0) is 62.9 Å². The number of benzene rings is 1. The molecule has 27 heavy (non-hydrogen) atoms. The minimum atomic E-state index is 0.525. The molecule has 7 heteroatoms. The molecule has 1 fully saturated rings. The SMILES string of the molecule is C=CC1CCCN1.Cc1cc2nc(N(C)CCCNN)nc(N)c2cc1C. The quantitative estimate of drug-likeness (QED) is 0.266. The third-order valence-corrected chi connectivity index (χ3v) is 4.87. The van der Waals surface area contributed by atoms with E-state index in [1.165, 1.54) is 30.5 Å². The third-order valence-electron chi connectivity index (χ3n) is 4.87. The molecule has 3 rings (SSSR count). The maximum absolute atomic E-state index is 6.06. The standard InChI is InChI=1S/C14H22N6.C6H11N/c1-9-7-11-12(8-10(9)2)18-14(19-13(11)15)20(3)6-4-5-17-16;1-2-6-4-3-5-7-6/h7-8,17H,4-6,16H2,1-3H3,(H2,15,18,19);2,6-7H,1,3-5H2. The summed E-state index contributed by atoms with van der Waals surface area (Å²) in [4.78, 5) is 11.0. The average molecular weight is 372 g/mol. The van der Waals surface area contributed by atoms with Gasteiger partial charge in [0, 0.05) is 31.6 Å². The number of nitrogens with zero attached hydrogens (tertiary/aromatic N) is 3. The zero-order valence-electron chi connectivity index (χ0n) is 16.8. The number of hydrogen-bond acceptors (Lipinski definition) is 7. The van der Waals surface area contributed by atoms with Crippen LogP contribution in [0.25, 0.3) is 10.9 Å². The maximum atomic E-state index is 6.06. The van der Waals surface area contributed by atoms with Crippen molar-refractivity contribution in [1.82, 2.24) is 20.7 Å². The molecule has 1 unspecified atom stereocenters. The second-order valence-electron chi connectivity index (χ2n) is 7.03. The van der Waals surface area contributed by atoms with Crippen LogP contribution >= 0.6 is 0 Å². The second kappa shape index (κ2) is 10.2. The summed E-state index contributed by atoms with van der Waals surface area (Å²) in [5.74, 6) is 6.44. The smallest absolute Gasteiger partial charge is 0.227 e. The molecule has 0 spiro atoms. The van der Waals surface area contributed by atoms with Crippen LogP contribution in [0.3, 0.4) is 0 Å². The van der Waals surface area contributed by atoms with Crippen LogP contribution in [0.2, 0.25) is 0 Å². The average Bonchev–Trinajstić information content (AvgIpc) is 3.18. The van der Waals surface area contributed by atoms with Crippen molar-refractivity contribution in [3.8, 4) is 0 Å². The van der Waals surface area contributed by atoms with Gasteiger partial charge in [-0.3, -0.25) is 11.3 Å². The number of nitrogens with one attached hydrogen (secondary N) is 2. The van der Waals surface area contributed by atoms with Crippen LogP contribution in [0, 0.1) is 13.8 Å². The highest BCUT2D eigenvalue weighted by atomic mass is 15.2. The van der Waals surface area contributed by atoms with Crippen LogP contribution in [0.4, 0.5) is 11.8 Å². The molecule has 1 saturated heterocycles. The second-order valence-corrected chi connectivity index (χ2v) is 7.03. The number of aryl methyl sites for hydroxylation is 2. The number of hydrogen-bond donors (Lipinski definition) is 4. The van der Waals surface area contributed by atoms with Crippen LogP contribution in [0.1, 0.15) is 30.4 Å². The van der Waals surface area contributed by atoms with Crippen LogP contribution in [-0.2, 0) is 0 Å². The summed E-state index contributed by atoms with van der Waals surface area (Å²) in [5, 5.41) is 4.20. The molecule has 0 amide bonds. The molecule has 0 saturated carbocycles. The fraction of sp³-hybridized carbons (Fsp3) is 0.500. The Morgan fingerprint density at radius 3 is 2.67 bits per heavy atom. The predicted molar refractivity (Wildman–Crippen MR) is 115 cm³/mol. The van der Waals surface area contributed by atoms with Gasteiger partial charge in [0.1, 0.15) is 5.82 Å². The molecule has 2 aromatic rings. The molecule has 148 valence electrons. The fourth-order valence-corrected chi connectivity index (χ4v) is 3.00. The van der Waals surface area contributed by atoms with Gasteiger partial charge in [0.25, 0.3) is 0 Å². The number of rotatable bonds is 6. The number of fused-ring (bicyclic) bond motifs is 1. The van der Waals surface area contributed by atoms with Gasteiger partial charge in [-0.15, -0.1) is 6.58 Å². The Kier molecular flexibility index (Phi) is 7.97. The van der Waals surface area contributed by atoms with Crippen molar-refractivity contribution >= 4 is 22.7 Å². The van der Waals surface area contributed by atoms with Gasteiger partial charge in [0.15, 0.2) is 0 Å². The van der Waals surface area contributed by atoms with Crippen molar-refractivity contribution in [2.75, 3.05) is 37.3 Å². The van der Waals surface area contributed by atoms with Gasteiger partial charge >= 0.3 is 0 Å². The molecular formula is C20H33N7. The highest BCUT2D eigenvalue weighted by molar-refractivity contribution is 5.90. The van der Waals surface area contributed by atoms with E-state index >= 15 is 0 Å². The van der Waals surface area contributed by atoms with Gasteiger partial charge < -0.3 is 16.0 Å². The van der Waals surface area contributed by atoms with Gasteiger partial charge in [-0.25, -0.2) is 4.98 Å². The summed E-state index contributed by atoms with van der Waals surface area (Å²) in [5.41, 5.74) is 12.0. The lowest BCUT2D eigenvalue weighted by Crippen LogP contribution is -2.28. The third kappa shape index (κ3) is 5.89. The van der Waals surface area contributed by atoms with E-state index in [0.29, 0.717) is 17.8 Å². The Hall–Kier alpha value is -2.22. The fourth-order valence-electron chi connectivity index (χ4n) is 3.00. The first-order valence-corrected chi connectivity index (χ1v) is 9.51. The van der Waals surface area contributed by atoms with E-state index in [4.69, 9.17) is 11.6 Å². The van der Waals surface area contributed by atoms with Gasteiger partial charge in [0.2, 0.25) is 5.95 Å². The summed E-state index contributed by atoms with van der Waals surface area (Å²) in [6, 6.07) is 4.71. The van der Waals surface area contributed by atoms with E-state index in [9.17, 15) is 0 Å². The highest BCUT2D eigenvalue weighted by Gasteiger charge is 2.10. The molecule has 2 heterocycles. The molecule has 0 radical (unpaired) electrons. The molecule has 1 aliphatic heterocycles. The van der Waals surface area contributed by atoms with E-state index < -0.39 is 0 Å². The van der Waals surface area contributed by atoms with E-state index in [1.807, 2.05) is 24.1 Å². The zero-order chi connectivity index (χ0) is 19.8. The van der Waals surface area contributed by atoms with Crippen LogP contribution in [0.5, 0.6) is 0 Å². The van der Waals surface area contributed by atoms with E-state index in [-0.39, 0.29) is 0 Å². The lowest BCUT2D eigenvalue weighted by Gasteiger charge is -2.18. The van der Waals surface area contributed by atoms with Crippen LogP contribution < -0.4 is 27.2 Å². The van der Waals surface area contributed by atoms with E-state index in [2.05, 4.69) is 47.2 Å². The van der Waals surface area contributed by atoms with Gasteiger partial charge in [-0.2, -0.15) is 4.98 Å². The molecule has 1 aliphatic rings. The number of hydrazine groups is 1. The molecule has 1 aromatic carbocycles. The Morgan fingerprint density at radius 2 is 2.07 bits per heavy atom. The largest absolute Gasteiger partial charge is 0.383 e. The number of aromatic nitrogens is 2. The van der Waals surface area contributed by atoms with Crippen LogP contribution in [0.15, 0.2) is 24.8 Å². The Labute approximate surface area is 162 Å². The van der Waals surface area contributed by atoms with Gasteiger partial charge in [-0.1, -0.05) is 6.08 Å². The van der Waals surface area contributed by atoms with Crippen molar-refractivity contribution in [1.29, 1.82) is 0 Å². The first kappa shape index (κ1) is 21.1. The summed E-state index contributed by atoms with van der Waals surface area (Å²) in [6.45, 7) is 10.6. The lowest BCUT2D eigenvalue weighted by atomic mass is 10.1. The minimum absolute atomic E-state index is 0.525. The summed E-state index contributed by atoms with van der Waals surface area (Å²) >= 11 is 0. The monoisotopic (exact) mass is 371 g/mol.